The van der Waals surface area contributed by atoms with Crippen LogP contribution in [0.5, 0.6) is 5.75 Å². The molecule has 1 N–H and O–H groups in total. The van der Waals surface area contributed by atoms with Crippen LogP contribution in [0.3, 0.4) is 0 Å². The van der Waals surface area contributed by atoms with Gasteiger partial charge >= 0.3 is 0 Å². The summed E-state index contributed by atoms with van der Waals surface area (Å²) in [5.41, 5.74) is 2.67. The van der Waals surface area contributed by atoms with Crippen molar-refractivity contribution < 1.29 is 9.53 Å². The number of aromatic nitrogens is 3. The van der Waals surface area contributed by atoms with E-state index in [9.17, 15) is 4.79 Å². The van der Waals surface area contributed by atoms with E-state index in [2.05, 4.69) is 15.5 Å². The van der Waals surface area contributed by atoms with E-state index in [4.69, 9.17) is 16.3 Å². The highest BCUT2D eigenvalue weighted by Crippen LogP contribution is 2.32. The molecule has 0 bridgehead atoms. The van der Waals surface area contributed by atoms with Crippen LogP contribution in [0.4, 0.5) is 0 Å². The summed E-state index contributed by atoms with van der Waals surface area (Å²) in [7, 11) is 0. The van der Waals surface area contributed by atoms with Crippen LogP contribution in [0.25, 0.3) is 17.1 Å². The van der Waals surface area contributed by atoms with E-state index >= 15 is 0 Å². The fourth-order valence-electron chi connectivity index (χ4n) is 3.51. The van der Waals surface area contributed by atoms with Gasteiger partial charge in [0.05, 0.1) is 23.4 Å². The van der Waals surface area contributed by atoms with Gasteiger partial charge in [0.15, 0.2) is 11.0 Å². The van der Waals surface area contributed by atoms with Crippen LogP contribution in [0.2, 0.25) is 5.02 Å². The van der Waals surface area contributed by atoms with Gasteiger partial charge in [0.25, 0.3) is 0 Å². The SMILES string of the molecule is CCOc1ccc(-n2c(SCC(=O)N[C@@H](C)c3ccccc3)nnc2-c2ccccc2Cl)cc1. The van der Waals surface area contributed by atoms with Crippen LogP contribution < -0.4 is 10.1 Å². The first-order chi connectivity index (χ1) is 16.6. The molecule has 1 heterocycles. The number of rotatable bonds is 9. The standard InChI is InChI=1S/C26H25ClN4O2S/c1-3-33-21-15-13-20(14-16-21)31-25(22-11-7-8-12-23(22)27)29-30-26(31)34-17-24(32)28-18(2)19-9-5-4-6-10-19/h4-16,18H,3,17H2,1-2H3,(H,28,32)/t18-/m0/s1. The third kappa shape index (κ3) is 5.61. The van der Waals surface area contributed by atoms with E-state index in [-0.39, 0.29) is 17.7 Å². The van der Waals surface area contributed by atoms with Crippen LogP contribution in [0.15, 0.2) is 84.0 Å². The number of benzene rings is 3. The first-order valence-corrected chi connectivity index (χ1v) is 12.3. The molecule has 3 aromatic carbocycles. The predicted octanol–water partition coefficient (Wildman–Crippen LogP) is 5.96. The quantitative estimate of drug-likeness (QED) is 0.292. The lowest BCUT2D eigenvalue weighted by molar-refractivity contribution is -0.119. The summed E-state index contributed by atoms with van der Waals surface area (Å²) in [6, 6.07) is 25.0. The molecule has 0 spiro atoms. The Morgan fingerprint density at radius 2 is 1.74 bits per heavy atom. The third-order valence-corrected chi connectivity index (χ3v) is 6.42. The van der Waals surface area contributed by atoms with E-state index in [1.165, 1.54) is 11.8 Å². The Kier molecular flexibility index (Phi) is 7.87. The summed E-state index contributed by atoms with van der Waals surface area (Å²) in [6.45, 7) is 4.51. The minimum atomic E-state index is -0.0861. The monoisotopic (exact) mass is 492 g/mol. The number of hydrogen-bond donors (Lipinski definition) is 1. The van der Waals surface area contributed by atoms with Crippen LogP contribution in [0, 0.1) is 0 Å². The van der Waals surface area contributed by atoms with Gasteiger partial charge in [-0.05, 0) is 55.8 Å². The van der Waals surface area contributed by atoms with Gasteiger partial charge in [0.1, 0.15) is 5.75 Å². The van der Waals surface area contributed by atoms with Crippen molar-refractivity contribution in [1.29, 1.82) is 0 Å². The summed E-state index contributed by atoms with van der Waals surface area (Å²) in [6.07, 6.45) is 0. The summed E-state index contributed by atoms with van der Waals surface area (Å²) in [5.74, 6) is 1.51. The van der Waals surface area contributed by atoms with E-state index < -0.39 is 0 Å². The number of carbonyl (C=O) groups excluding carboxylic acids is 1. The van der Waals surface area contributed by atoms with Gasteiger partial charge in [-0.1, -0.05) is 65.8 Å². The Labute approximate surface area is 208 Å². The molecule has 0 aliphatic carbocycles. The number of ether oxygens (including phenoxy) is 1. The topological polar surface area (TPSA) is 69.0 Å². The zero-order valence-electron chi connectivity index (χ0n) is 18.9. The lowest BCUT2D eigenvalue weighted by atomic mass is 10.1. The molecule has 6 nitrogen and oxygen atoms in total. The van der Waals surface area contributed by atoms with E-state index in [1.54, 1.807) is 0 Å². The van der Waals surface area contributed by atoms with Crippen molar-refractivity contribution in [3.63, 3.8) is 0 Å². The van der Waals surface area contributed by atoms with Crippen LogP contribution in [-0.2, 0) is 4.79 Å². The number of nitrogens with zero attached hydrogens (tertiary/aromatic N) is 3. The zero-order chi connectivity index (χ0) is 23.9. The number of halogens is 1. The highest BCUT2D eigenvalue weighted by Gasteiger charge is 2.19. The van der Waals surface area contributed by atoms with Gasteiger partial charge in [-0.2, -0.15) is 0 Å². The zero-order valence-corrected chi connectivity index (χ0v) is 20.5. The normalized spacial score (nSPS) is 11.7. The fourth-order valence-corrected chi connectivity index (χ4v) is 4.49. The Hall–Kier alpha value is -3.29. The fraction of sp³-hybridized carbons (Fsp3) is 0.192. The van der Waals surface area contributed by atoms with Crippen molar-refractivity contribution in [2.45, 2.75) is 25.0 Å². The number of amides is 1. The lowest BCUT2D eigenvalue weighted by Gasteiger charge is -2.15. The molecule has 8 heteroatoms. The van der Waals surface area contributed by atoms with E-state index in [0.717, 1.165) is 22.6 Å². The highest BCUT2D eigenvalue weighted by molar-refractivity contribution is 7.99. The molecule has 1 atom stereocenters. The third-order valence-electron chi connectivity index (χ3n) is 5.16. The van der Waals surface area contributed by atoms with Crippen molar-refractivity contribution in [3.8, 4) is 22.8 Å². The molecule has 1 aromatic heterocycles. The Balaban J connectivity index is 1.58. The van der Waals surface area contributed by atoms with Crippen molar-refractivity contribution >= 4 is 29.3 Å². The first-order valence-electron chi connectivity index (χ1n) is 11.0. The summed E-state index contributed by atoms with van der Waals surface area (Å²) >= 11 is 7.79. The summed E-state index contributed by atoms with van der Waals surface area (Å²) < 4.78 is 7.49. The minimum absolute atomic E-state index is 0.0816. The largest absolute Gasteiger partial charge is 0.494 e. The van der Waals surface area contributed by atoms with Crippen molar-refractivity contribution in [2.75, 3.05) is 12.4 Å². The molecule has 34 heavy (non-hydrogen) atoms. The molecule has 0 saturated heterocycles. The second kappa shape index (κ2) is 11.2. The summed E-state index contributed by atoms with van der Waals surface area (Å²) in [5, 5.41) is 13.0. The van der Waals surface area contributed by atoms with Crippen LogP contribution in [-0.4, -0.2) is 33.0 Å². The molecule has 4 rings (SSSR count). The molecular formula is C26H25ClN4O2S. The number of hydrogen-bond acceptors (Lipinski definition) is 5. The Bertz CT molecular complexity index is 1250. The maximum absolute atomic E-state index is 12.7. The average molecular weight is 493 g/mol. The van der Waals surface area contributed by atoms with Crippen LogP contribution in [0.1, 0.15) is 25.5 Å². The van der Waals surface area contributed by atoms with Gasteiger partial charge in [-0.15, -0.1) is 10.2 Å². The molecule has 4 aromatic rings. The van der Waals surface area contributed by atoms with Crippen molar-refractivity contribution in [1.82, 2.24) is 20.1 Å². The number of carbonyl (C=O) groups is 1. The molecule has 1 amide bonds. The molecule has 174 valence electrons. The van der Waals surface area contributed by atoms with Crippen LogP contribution >= 0.6 is 23.4 Å². The molecule has 0 aliphatic heterocycles. The smallest absolute Gasteiger partial charge is 0.230 e. The Morgan fingerprint density at radius 3 is 2.44 bits per heavy atom. The molecule has 0 saturated carbocycles. The summed E-state index contributed by atoms with van der Waals surface area (Å²) in [4.78, 5) is 12.7. The highest BCUT2D eigenvalue weighted by atomic mass is 35.5. The van der Waals surface area contributed by atoms with Gasteiger partial charge in [-0.3, -0.25) is 9.36 Å². The Morgan fingerprint density at radius 1 is 1.03 bits per heavy atom. The number of nitrogens with one attached hydrogen (secondary N) is 1. The van der Waals surface area contributed by atoms with Gasteiger partial charge in [0, 0.05) is 11.3 Å². The van der Waals surface area contributed by atoms with E-state index in [0.29, 0.717) is 22.6 Å². The van der Waals surface area contributed by atoms with Crippen molar-refractivity contribution in [2.24, 2.45) is 0 Å². The molecule has 0 radical (unpaired) electrons. The maximum Gasteiger partial charge on any atom is 0.230 e. The molecule has 0 fully saturated rings. The lowest BCUT2D eigenvalue weighted by Crippen LogP contribution is -2.28. The first kappa shape index (κ1) is 23.9. The molecular weight excluding hydrogens is 468 g/mol. The minimum Gasteiger partial charge on any atom is -0.494 e. The van der Waals surface area contributed by atoms with Gasteiger partial charge in [-0.25, -0.2) is 0 Å². The second-order valence-corrected chi connectivity index (χ2v) is 8.89. The maximum atomic E-state index is 12.7. The predicted molar refractivity (Wildman–Crippen MR) is 137 cm³/mol. The second-order valence-electron chi connectivity index (χ2n) is 7.54. The average Bonchev–Trinajstić information content (AvgIpc) is 3.28. The molecule has 0 aliphatic rings. The van der Waals surface area contributed by atoms with Gasteiger partial charge in [0.2, 0.25) is 5.91 Å². The van der Waals surface area contributed by atoms with Crippen molar-refractivity contribution in [3.05, 3.63) is 89.4 Å². The number of thioether (sulfide) groups is 1. The molecule has 0 unspecified atom stereocenters. The van der Waals surface area contributed by atoms with Gasteiger partial charge < -0.3 is 10.1 Å². The van der Waals surface area contributed by atoms with E-state index in [1.807, 2.05) is 97.3 Å².